The van der Waals surface area contributed by atoms with Gasteiger partial charge in [-0.15, -0.1) is 11.3 Å². The smallest absolute Gasteiger partial charge is 0.348 e. The Morgan fingerprint density at radius 3 is 2.50 bits per heavy atom. The quantitative estimate of drug-likeness (QED) is 0.500. The van der Waals surface area contributed by atoms with Gasteiger partial charge >= 0.3 is 11.7 Å². The maximum absolute atomic E-state index is 12.9. The van der Waals surface area contributed by atoms with E-state index in [0.717, 1.165) is 21.5 Å². The average molecular weight is 422 g/mol. The van der Waals surface area contributed by atoms with E-state index in [9.17, 15) is 19.5 Å². The fourth-order valence-electron chi connectivity index (χ4n) is 3.14. The second-order valence-corrected chi connectivity index (χ2v) is 7.78. The SMILES string of the molecule is Cn1c(=O)n(Cc2ccccc2)c(=O)c2cc(C(=O)OCc3ccccc3O)sc21. The van der Waals surface area contributed by atoms with Crippen LogP contribution in [0.1, 0.15) is 20.8 Å². The van der Waals surface area contributed by atoms with Crippen LogP contribution in [0.4, 0.5) is 0 Å². The van der Waals surface area contributed by atoms with Crippen molar-refractivity contribution in [2.75, 3.05) is 0 Å². The number of carbonyl (C=O) groups excluding carboxylic acids is 1. The number of ether oxygens (including phenoxy) is 1. The fourth-order valence-corrected chi connectivity index (χ4v) is 4.14. The maximum atomic E-state index is 12.9. The number of rotatable bonds is 5. The van der Waals surface area contributed by atoms with E-state index in [-0.39, 0.29) is 29.2 Å². The number of phenols is 1. The first-order chi connectivity index (χ1) is 14.5. The Balaban J connectivity index is 1.67. The van der Waals surface area contributed by atoms with Crippen LogP contribution in [-0.2, 0) is 24.9 Å². The van der Waals surface area contributed by atoms with Crippen molar-refractivity contribution in [1.82, 2.24) is 9.13 Å². The van der Waals surface area contributed by atoms with Crippen LogP contribution in [0.3, 0.4) is 0 Å². The van der Waals surface area contributed by atoms with Gasteiger partial charge in [0.2, 0.25) is 0 Å². The van der Waals surface area contributed by atoms with Gasteiger partial charge in [-0.2, -0.15) is 0 Å². The number of nitrogens with zero attached hydrogens (tertiary/aromatic N) is 2. The van der Waals surface area contributed by atoms with Gasteiger partial charge in [0.1, 0.15) is 22.1 Å². The summed E-state index contributed by atoms with van der Waals surface area (Å²) in [6, 6.07) is 17.2. The second kappa shape index (κ2) is 8.00. The Labute approximate surface area is 175 Å². The van der Waals surface area contributed by atoms with E-state index < -0.39 is 17.2 Å². The largest absolute Gasteiger partial charge is 0.508 e. The van der Waals surface area contributed by atoms with Gasteiger partial charge in [-0.3, -0.25) is 13.9 Å². The predicted octanol–water partition coefficient (Wildman–Crippen LogP) is 2.87. The Morgan fingerprint density at radius 1 is 1.07 bits per heavy atom. The first-order valence-electron chi connectivity index (χ1n) is 9.17. The summed E-state index contributed by atoms with van der Waals surface area (Å²) in [5, 5.41) is 10.1. The highest BCUT2D eigenvalue weighted by molar-refractivity contribution is 7.20. The van der Waals surface area contributed by atoms with Crippen molar-refractivity contribution < 1.29 is 14.6 Å². The van der Waals surface area contributed by atoms with Crippen molar-refractivity contribution in [2.45, 2.75) is 13.2 Å². The molecular weight excluding hydrogens is 404 g/mol. The fraction of sp³-hybridized carbons (Fsp3) is 0.136. The summed E-state index contributed by atoms with van der Waals surface area (Å²) >= 11 is 1.03. The number of benzene rings is 2. The Morgan fingerprint density at radius 2 is 1.77 bits per heavy atom. The molecule has 152 valence electrons. The number of aromatic hydroxyl groups is 1. The van der Waals surface area contributed by atoms with Crippen LogP contribution in [0, 0.1) is 0 Å². The van der Waals surface area contributed by atoms with E-state index in [1.54, 1.807) is 25.2 Å². The highest BCUT2D eigenvalue weighted by atomic mass is 32.1. The van der Waals surface area contributed by atoms with Crippen LogP contribution >= 0.6 is 11.3 Å². The van der Waals surface area contributed by atoms with Crippen LogP contribution in [0.5, 0.6) is 5.75 Å². The van der Waals surface area contributed by atoms with Crippen LogP contribution in [0.2, 0.25) is 0 Å². The molecule has 1 N–H and O–H groups in total. The van der Waals surface area contributed by atoms with Crippen LogP contribution in [0.15, 0.2) is 70.3 Å². The van der Waals surface area contributed by atoms with Gasteiger partial charge in [-0.1, -0.05) is 48.5 Å². The van der Waals surface area contributed by atoms with Gasteiger partial charge in [0, 0.05) is 12.6 Å². The number of fused-ring (bicyclic) bond motifs is 1. The lowest BCUT2D eigenvalue weighted by atomic mass is 10.2. The minimum absolute atomic E-state index is 0.0350. The van der Waals surface area contributed by atoms with Crippen LogP contribution < -0.4 is 11.2 Å². The summed E-state index contributed by atoms with van der Waals surface area (Å²) in [6.45, 7) is 0.0438. The van der Waals surface area contributed by atoms with Crippen LogP contribution in [-0.4, -0.2) is 20.2 Å². The molecule has 4 rings (SSSR count). The Bertz CT molecular complexity index is 1350. The molecule has 7 nitrogen and oxygen atoms in total. The summed E-state index contributed by atoms with van der Waals surface area (Å²) < 4.78 is 7.80. The number of esters is 1. The monoisotopic (exact) mass is 422 g/mol. The summed E-state index contributed by atoms with van der Waals surface area (Å²) in [4.78, 5) is 38.8. The molecule has 2 aromatic carbocycles. The standard InChI is InChI=1S/C22H18N2O5S/c1-23-20-16(19(26)24(22(23)28)12-14-7-3-2-4-8-14)11-18(30-20)21(27)29-13-15-9-5-6-10-17(15)25/h2-11,25H,12-13H2,1H3. The molecule has 30 heavy (non-hydrogen) atoms. The molecule has 0 aliphatic rings. The average Bonchev–Trinajstić information content (AvgIpc) is 3.21. The second-order valence-electron chi connectivity index (χ2n) is 6.75. The maximum Gasteiger partial charge on any atom is 0.348 e. The first-order valence-corrected chi connectivity index (χ1v) is 9.98. The zero-order chi connectivity index (χ0) is 21.3. The van der Waals surface area contributed by atoms with Gasteiger partial charge in [0.15, 0.2) is 0 Å². The molecule has 0 spiro atoms. The van der Waals surface area contributed by atoms with E-state index in [1.165, 1.54) is 16.7 Å². The molecule has 8 heteroatoms. The van der Waals surface area contributed by atoms with Gasteiger partial charge < -0.3 is 9.84 Å². The van der Waals surface area contributed by atoms with E-state index in [0.29, 0.717) is 10.4 Å². The normalized spacial score (nSPS) is 11.0. The van der Waals surface area contributed by atoms with Gasteiger partial charge in [0.25, 0.3) is 5.56 Å². The Kier molecular flexibility index (Phi) is 5.24. The summed E-state index contributed by atoms with van der Waals surface area (Å²) in [7, 11) is 1.57. The zero-order valence-electron chi connectivity index (χ0n) is 16.1. The molecule has 0 fully saturated rings. The zero-order valence-corrected chi connectivity index (χ0v) is 16.9. The predicted molar refractivity (Wildman–Crippen MR) is 114 cm³/mol. The van der Waals surface area contributed by atoms with E-state index in [2.05, 4.69) is 0 Å². The van der Waals surface area contributed by atoms with Crippen molar-refractivity contribution in [3.8, 4) is 5.75 Å². The minimum atomic E-state index is -0.624. The number of thiophene rings is 1. The molecule has 0 radical (unpaired) electrons. The van der Waals surface area contributed by atoms with Crippen molar-refractivity contribution >= 4 is 27.5 Å². The lowest BCUT2D eigenvalue weighted by molar-refractivity contribution is 0.0476. The molecule has 0 unspecified atom stereocenters. The van der Waals surface area contributed by atoms with E-state index in [1.807, 2.05) is 30.3 Å². The molecule has 0 saturated heterocycles. The Hall–Kier alpha value is -3.65. The highest BCUT2D eigenvalue weighted by Gasteiger charge is 2.19. The molecule has 0 amide bonds. The topological polar surface area (TPSA) is 90.5 Å². The molecule has 0 atom stereocenters. The van der Waals surface area contributed by atoms with Crippen molar-refractivity contribution in [3.05, 3.63) is 97.5 Å². The summed E-state index contributed by atoms with van der Waals surface area (Å²) in [5.74, 6) is -0.589. The van der Waals surface area contributed by atoms with E-state index >= 15 is 0 Å². The number of hydrogen-bond acceptors (Lipinski definition) is 6. The minimum Gasteiger partial charge on any atom is -0.508 e. The van der Waals surface area contributed by atoms with Gasteiger partial charge in [-0.25, -0.2) is 9.59 Å². The lowest BCUT2D eigenvalue weighted by Gasteiger charge is -2.08. The van der Waals surface area contributed by atoms with E-state index in [4.69, 9.17) is 4.74 Å². The first kappa shape index (κ1) is 19.7. The highest BCUT2D eigenvalue weighted by Crippen LogP contribution is 2.24. The molecule has 0 bridgehead atoms. The van der Waals surface area contributed by atoms with Crippen LogP contribution in [0.25, 0.3) is 10.2 Å². The van der Waals surface area contributed by atoms with Crippen molar-refractivity contribution in [3.63, 3.8) is 0 Å². The lowest BCUT2D eigenvalue weighted by Crippen LogP contribution is -2.38. The summed E-state index contributed by atoms with van der Waals surface area (Å²) in [5.41, 5.74) is 0.401. The van der Waals surface area contributed by atoms with Crippen molar-refractivity contribution in [1.29, 1.82) is 0 Å². The molecule has 0 aliphatic heterocycles. The number of phenolic OH excluding ortho intramolecular Hbond substituents is 1. The molecule has 2 aromatic heterocycles. The van der Waals surface area contributed by atoms with Crippen molar-refractivity contribution in [2.24, 2.45) is 7.05 Å². The molecule has 0 aliphatic carbocycles. The van der Waals surface area contributed by atoms with Gasteiger partial charge in [0.05, 0.1) is 11.9 Å². The summed E-state index contributed by atoms with van der Waals surface area (Å²) in [6.07, 6.45) is 0. The number of aryl methyl sites for hydroxylation is 1. The number of aromatic nitrogens is 2. The molecular formula is C22H18N2O5S. The number of para-hydroxylation sites is 1. The third kappa shape index (κ3) is 3.65. The molecule has 0 saturated carbocycles. The third-order valence-electron chi connectivity index (χ3n) is 4.75. The third-order valence-corrected chi connectivity index (χ3v) is 5.94. The molecule has 2 heterocycles. The molecule has 4 aromatic rings. The number of hydrogen-bond donors (Lipinski definition) is 1. The number of carbonyl (C=O) groups is 1. The van der Waals surface area contributed by atoms with Gasteiger partial charge in [-0.05, 0) is 17.7 Å².